The zero-order chi connectivity index (χ0) is 15.5. The van der Waals surface area contributed by atoms with E-state index in [1.807, 2.05) is 24.3 Å². The van der Waals surface area contributed by atoms with E-state index in [-0.39, 0.29) is 5.75 Å². The first kappa shape index (κ1) is 14.1. The van der Waals surface area contributed by atoms with Crippen LogP contribution in [0.2, 0.25) is 0 Å². The number of rotatable bonds is 4. The predicted molar refractivity (Wildman–Crippen MR) is 84.5 cm³/mol. The van der Waals surface area contributed by atoms with Crippen LogP contribution in [0.3, 0.4) is 0 Å². The maximum Gasteiger partial charge on any atom is 0.165 e. The number of nitrogens with one attached hydrogen (secondary N) is 1. The molecule has 0 radical (unpaired) electrons. The first-order valence-corrected chi connectivity index (χ1v) is 6.75. The van der Waals surface area contributed by atoms with Crippen LogP contribution in [0.5, 0.6) is 11.5 Å². The second kappa shape index (κ2) is 5.89. The van der Waals surface area contributed by atoms with Gasteiger partial charge in [-0.25, -0.2) is 4.39 Å². The van der Waals surface area contributed by atoms with Gasteiger partial charge in [-0.3, -0.25) is 5.10 Å². The fourth-order valence-electron chi connectivity index (χ4n) is 2.32. The lowest BCUT2D eigenvalue weighted by Gasteiger charge is -2.02. The lowest BCUT2D eigenvalue weighted by Crippen LogP contribution is -1.88. The minimum atomic E-state index is -0.394. The number of hydrogen-bond acceptors (Lipinski definition) is 3. The van der Waals surface area contributed by atoms with Gasteiger partial charge >= 0.3 is 0 Å². The molecule has 0 aliphatic carbocycles. The van der Waals surface area contributed by atoms with Crippen LogP contribution in [0.25, 0.3) is 23.1 Å². The molecule has 3 aromatic rings. The van der Waals surface area contributed by atoms with Crippen LogP contribution in [0, 0.1) is 5.82 Å². The first-order chi connectivity index (χ1) is 10.7. The van der Waals surface area contributed by atoms with Gasteiger partial charge in [-0.1, -0.05) is 18.2 Å². The summed E-state index contributed by atoms with van der Waals surface area (Å²) in [6.07, 6.45) is 3.62. The van der Waals surface area contributed by atoms with Crippen molar-refractivity contribution in [2.45, 2.75) is 0 Å². The highest BCUT2D eigenvalue weighted by atomic mass is 19.1. The molecule has 3 rings (SSSR count). The maximum atomic E-state index is 13.7. The molecule has 22 heavy (non-hydrogen) atoms. The SMILES string of the molecule is COc1ccc(/C=C/c2n[nH]c3cccc(OC)c23)cc1F. The van der Waals surface area contributed by atoms with Crippen molar-refractivity contribution >= 4 is 23.1 Å². The molecule has 0 saturated carbocycles. The average Bonchev–Trinajstić information content (AvgIpc) is 2.96. The Hall–Kier alpha value is -2.82. The van der Waals surface area contributed by atoms with Crippen LogP contribution < -0.4 is 9.47 Å². The summed E-state index contributed by atoms with van der Waals surface area (Å²) < 4.78 is 24.0. The number of aromatic nitrogens is 2. The summed E-state index contributed by atoms with van der Waals surface area (Å²) in [5, 5.41) is 8.12. The van der Waals surface area contributed by atoms with E-state index >= 15 is 0 Å². The highest BCUT2D eigenvalue weighted by Gasteiger charge is 2.08. The summed E-state index contributed by atoms with van der Waals surface area (Å²) in [5.74, 6) is 0.574. The molecule has 1 N–H and O–H groups in total. The molecule has 0 aliphatic rings. The number of methoxy groups -OCH3 is 2. The standard InChI is InChI=1S/C17H15FN2O2/c1-21-15-9-7-11(10-12(15)18)6-8-14-17-13(19-20-14)4-3-5-16(17)22-2/h3-10H,1-2H3,(H,19,20)/b8-6+. The number of hydrogen-bond donors (Lipinski definition) is 1. The number of H-pyrrole nitrogens is 1. The number of ether oxygens (including phenoxy) is 2. The Labute approximate surface area is 127 Å². The maximum absolute atomic E-state index is 13.7. The molecule has 0 atom stereocenters. The molecule has 0 bridgehead atoms. The van der Waals surface area contributed by atoms with Crippen molar-refractivity contribution in [2.75, 3.05) is 14.2 Å². The van der Waals surface area contributed by atoms with Crippen molar-refractivity contribution < 1.29 is 13.9 Å². The summed E-state index contributed by atoms with van der Waals surface area (Å²) in [7, 11) is 3.06. The Morgan fingerprint density at radius 2 is 1.86 bits per heavy atom. The summed E-state index contributed by atoms with van der Waals surface area (Å²) in [4.78, 5) is 0. The molecule has 0 fully saturated rings. The van der Waals surface area contributed by atoms with E-state index in [4.69, 9.17) is 9.47 Å². The zero-order valence-corrected chi connectivity index (χ0v) is 12.3. The number of benzene rings is 2. The lowest BCUT2D eigenvalue weighted by atomic mass is 10.1. The third-order valence-electron chi connectivity index (χ3n) is 3.41. The van der Waals surface area contributed by atoms with Crippen LogP contribution in [-0.2, 0) is 0 Å². The molecular weight excluding hydrogens is 283 g/mol. The summed E-state index contributed by atoms with van der Waals surface area (Å²) in [6.45, 7) is 0. The molecule has 112 valence electrons. The molecule has 1 heterocycles. The van der Waals surface area contributed by atoms with Crippen molar-refractivity contribution in [3.05, 3.63) is 53.5 Å². The van der Waals surface area contributed by atoms with E-state index in [0.29, 0.717) is 0 Å². The highest BCUT2D eigenvalue weighted by molar-refractivity contribution is 5.94. The largest absolute Gasteiger partial charge is 0.496 e. The van der Waals surface area contributed by atoms with Crippen molar-refractivity contribution in [1.29, 1.82) is 0 Å². The number of halogens is 1. The van der Waals surface area contributed by atoms with Gasteiger partial charge in [0.15, 0.2) is 11.6 Å². The average molecular weight is 298 g/mol. The van der Waals surface area contributed by atoms with Gasteiger partial charge in [0.1, 0.15) is 5.75 Å². The Morgan fingerprint density at radius 3 is 2.59 bits per heavy atom. The molecule has 0 aliphatic heterocycles. The monoisotopic (exact) mass is 298 g/mol. The molecule has 1 aromatic heterocycles. The topological polar surface area (TPSA) is 47.1 Å². The zero-order valence-electron chi connectivity index (χ0n) is 12.3. The third kappa shape index (κ3) is 2.53. The van der Waals surface area contributed by atoms with Crippen molar-refractivity contribution in [1.82, 2.24) is 10.2 Å². The van der Waals surface area contributed by atoms with E-state index < -0.39 is 5.82 Å². The van der Waals surface area contributed by atoms with Gasteiger partial charge in [0.2, 0.25) is 0 Å². The minimum Gasteiger partial charge on any atom is -0.496 e. The molecule has 5 heteroatoms. The number of fused-ring (bicyclic) bond motifs is 1. The van der Waals surface area contributed by atoms with Crippen molar-refractivity contribution in [3.8, 4) is 11.5 Å². The van der Waals surface area contributed by atoms with Crippen LogP contribution in [-0.4, -0.2) is 24.4 Å². The highest BCUT2D eigenvalue weighted by Crippen LogP contribution is 2.28. The van der Waals surface area contributed by atoms with Crippen LogP contribution in [0.15, 0.2) is 36.4 Å². The Kier molecular flexibility index (Phi) is 3.78. The van der Waals surface area contributed by atoms with Crippen LogP contribution >= 0.6 is 0 Å². The van der Waals surface area contributed by atoms with Gasteiger partial charge in [-0.05, 0) is 35.9 Å². The van der Waals surface area contributed by atoms with Crippen LogP contribution in [0.4, 0.5) is 4.39 Å². The minimum absolute atomic E-state index is 0.226. The molecule has 0 unspecified atom stereocenters. The van der Waals surface area contributed by atoms with Crippen molar-refractivity contribution in [2.24, 2.45) is 0 Å². The molecule has 2 aromatic carbocycles. The van der Waals surface area contributed by atoms with E-state index in [2.05, 4.69) is 10.2 Å². The fourth-order valence-corrected chi connectivity index (χ4v) is 2.32. The third-order valence-corrected chi connectivity index (χ3v) is 3.41. The molecule has 4 nitrogen and oxygen atoms in total. The number of nitrogens with zero attached hydrogens (tertiary/aromatic N) is 1. The summed E-state index contributed by atoms with van der Waals surface area (Å²) in [5.41, 5.74) is 2.35. The molecule has 0 spiro atoms. The second-order valence-corrected chi connectivity index (χ2v) is 4.72. The van der Waals surface area contributed by atoms with E-state index in [9.17, 15) is 4.39 Å². The summed E-state index contributed by atoms with van der Waals surface area (Å²) in [6, 6.07) is 10.5. The Morgan fingerprint density at radius 1 is 1.05 bits per heavy atom. The van der Waals surface area contributed by atoms with Gasteiger partial charge < -0.3 is 9.47 Å². The predicted octanol–water partition coefficient (Wildman–Crippen LogP) is 3.89. The lowest BCUT2D eigenvalue weighted by molar-refractivity contribution is 0.386. The number of aromatic amines is 1. The van der Waals surface area contributed by atoms with Crippen LogP contribution in [0.1, 0.15) is 11.3 Å². The van der Waals surface area contributed by atoms with Gasteiger partial charge in [0, 0.05) is 0 Å². The van der Waals surface area contributed by atoms with Gasteiger partial charge in [-0.2, -0.15) is 5.10 Å². The quantitative estimate of drug-likeness (QED) is 0.795. The van der Waals surface area contributed by atoms with Crippen molar-refractivity contribution in [3.63, 3.8) is 0 Å². The van der Waals surface area contributed by atoms with Gasteiger partial charge in [0.25, 0.3) is 0 Å². The van der Waals surface area contributed by atoms with E-state index in [1.165, 1.54) is 13.2 Å². The smallest absolute Gasteiger partial charge is 0.165 e. The first-order valence-electron chi connectivity index (χ1n) is 6.75. The molecule has 0 amide bonds. The Balaban J connectivity index is 1.97. The normalized spacial score (nSPS) is 11.2. The fraction of sp³-hybridized carbons (Fsp3) is 0.118. The molecular formula is C17H15FN2O2. The summed E-state index contributed by atoms with van der Waals surface area (Å²) >= 11 is 0. The second-order valence-electron chi connectivity index (χ2n) is 4.72. The molecule has 0 saturated heterocycles. The Bertz CT molecular complexity index is 840. The van der Waals surface area contributed by atoms with E-state index in [1.54, 1.807) is 25.3 Å². The van der Waals surface area contributed by atoms with Gasteiger partial charge in [-0.15, -0.1) is 0 Å². The van der Waals surface area contributed by atoms with E-state index in [0.717, 1.165) is 27.9 Å². The van der Waals surface area contributed by atoms with Gasteiger partial charge in [0.05, 0.1) is 30.8 Å².